The zero-order chi connectivity index (χ0) is 45.5. The van der Waals surface area contributed by atoms with Gasteiger partial charge in [0, 0.05) is 37.6 Å². The summed E-state index contributed by atoms with van der Waals surface area (Å²) < 4.78 is 51.2. The van der Waals surface area contributed by atoms with Gasteiger partial charge in [-0.05, 0) is 60.1 Å². The second kappa shape index (κ2) is 23.0. The summed E-state index contributed by atoms with van der Waals surface area (Å²) in [5.74, 6) is -4.78. The lowest BCUT2D eigenvalue weighted by atomic mass is 9.90. The standard InChI is InChI=1S/C44H56N6O10S2/c1-29(2)39(49-37(51)19-25-61(57,58)33-15-21-45-22-16-33)43(55)47-35(27-31-11-7-5-8-12-31)41(53)42(54)36(28-32-13-9-6-10-14-32)48-44(56)40(30(3)4)50-38(52)20-26-62(59,60)34-17-23-46-24-18-34/h5-18,21-24,29-30,35-36,39-42,53-54H,19-20,25-28H2,1-4H3,(H,47,55)(H,48,56)(H,49,51)(H,50,52)/t35-,36-,39-,40-,41+,42+/m0/s1. The number of sulfone groups is 2. The van der Waals surface area contributed by atoms with Crippen LogP contribution in [0, 0.1) is 11.8 Å². The average Bonchev–Trinajstić information content (AvgIpc) is 3.26. The molecule has 0 spiro atoms. The Hall–Kier alpha value is -5.56. The predicted molar refractivity (Wildman–Crippen MR) is 232 cm³/mol. The average molecular weight is 893 g/mol. The normalized spacial score (nSPS) is 14.8. The van der Waals surface area contributed by atoms with Gasteiger partial charge in [-0.15, -0.1) is 0 Å². The van der Waals surface area contributed by atoms with E-state index in [-0.39, 0.29) is 22.6 Å². The first-order chi connectivity index (χ1) is 29.4. The Kier molecular flexibility index (Phi) is 18.2. The zero-order valence-electron chi connectivity index (χ0n) is 35.1. The maximum absolute atomic E-state index is 14.0. The summed E-state index contributed by atoms with van der Waals surface area (Å²) in [5.41, 5.74) is 1.38. The van der Waals surface area contributed by atoms with Crippen molar-refractivity contribution in [2.45, 2.75) is 99.5 Å². The molecule has 4 amide bonds. The van der Waals surface area contributed by atoms with E-state index in [1.165, 1.54) is 49.1 Å². The third-order valence-corrected chi connectivity index (χ3v) is 13.6. The summed E-state index contributed by atoms with van der Waals surface area (Å²) >= 11 is 0. The van der Waals surface area contributed by atoms with Crippen molar-refractivity contribution in [3.63, 3.8) is 0 Å². The Balaban J connectivity index is 1.53. The van der Waals surface area contributed by atoms with E-state index in [0.29, 0.717) is 11.1 Å². The lowest BCUT2D eigenvalue weighted by molar-refractivity contribution is -0.133. The number of amides is 4. The minimum Gasteiger partial charge on any atom is -0.388 e. The van der Waals surface area contributed by atoms with Gasteiger partial charge in [0.1, 0.15) is 24.3 Å². The van der Waals surface area contributed by atoms with Crippen molar-refractivity contribution in [2.75, 3.05) is 11.5 Å². The van der Waals surface area contributed by atoms with Gasteiger partial charge in [-0.2, -0.15) is 0 Å². The number of carbonyl (C=O) groups excluding carboxylic acids is 4. The maximum atomic E-state index is 14.0. The van der Waals surface area contributed by atoms with Gasteiger partial charge in [0.25, 0.3) is 0 Å². The van der Waals surface area contributed by atoms with Crippen LogP contribution in [0.1, 0.15) is 51.7 Å². The number of aromatic nitrogens is 2. The number of nitrogens with zero attached hydrogens (tertiary/aromatic N) is 2. The van der Waals surface area contributed by atoms with Gasteiger partial charge in [-0.25, -0.2) is 16.8 Å². The molecule has 16 nitrogen and oxygen atoms in total. The van der Waals surface area contributed by atoms with E-state index in [1.807, 2.05) is 0 Å². The van der Waals surface area contributed by atoms with Crippen molar-refractivity contribution in [3.8, 4) is 0 Å². The molecule has 334 valence electrons. The van der Waals surface area contributed by atoms with Crippen molar-refractivity contribution in [1.29, 1.82) is 0 Å². The molecule has 2 heterocycles. The minimum atomic E-state index is -3.82. The summed E-state index contributed by atoms with van der Waals surface area (Å²) in [7, 11) is -7.63. The van der Waals surface area contributed by atoms with Crippen molar-refractivity contribution in [1.82, 2.24) is 31.2 Å². The first kappa shape index (κ1) is 49.1. The molecule has 0 aliphatic rings. The predicted octanol–water partition coefficient (Wildman–Crippen LogP) is 1.96. The number of benzene rings is 2. The molecule has 0 aliphatic heterocycles. The summed E-state index contributed by atoms with van der Waals surface area (Å²) in [6.45, 7) is 6.74. The van der Waals surface area contributed by atoms with Gasteiger partial charge in [0.05, 0.1) is 33.4 Å². The van der Waals surface area contributed by atoms with Crippen LogP contribution in [0.5, 0.6) is 0 Å². The topological polar surface area (TPSA) is 251 Å². The fourth-order valence-electron chi connectivity index (χ4n) is 6.61. The van der Waals surface area contributed by atoms with Crippen molar-refractivity contribution in [3.05, 3.63) is 121 Å². The minimum absolute atomic E-state index is 0.00594. The molecule has 0 bridgehead atoms. The largest absolute Gasteiger partial charge is 0.388 e. The van der Waals surface area contributed by atoms with Crippen LogP contribution in [-0.2, 0) is 51.7 Å². The highest BCUT2D eigenvalue weighted by atomic mass is 32.2. The maximum Gasteiger partial charge on any atom is 0.243 e. The highest BCUT2D eigenvalue weighted by Gasteiger charge is 2.38. The molecule has 2 aromatic carbocycles. The van der Waals surface area contributed by atoms with Gasteiger partial charge < -0.3 is 31.5 Å². The van der Waals surface area contributed by atoms with Gasteiger partial charge in [0.2, 0.25) is 23.6 Å². The van der Waals surface area contributed by atoms with Crippen LogP contribution >= 0.6 is 0 Å². The number of nitrogens with one attached hydrogen (secondary N) is 4. The van der Waals surface area contributed by atoms with Gasteiger partial charge >= 0.3 is 0 Å². The lowest BCUT2D eigenvalue weighted by Gasteiger charge is -2.35. The molecule has 0 unspecified atom stereocenters. The molecule has 62 heavy (non-hydrogen) atoms. The molecule has 0 radical (unpaired) electrons. The Morgan fingerprint density at radius 1 is 0.516 bits per heavy atom. The summed E-state index contributed by atoms with van der Waals surface area (Å²) in [6, 6.07) is 18.3. The van der Waals surface area contributed by atoms with Gasteiger partial charge in [0.15, 0.2) is 19.7 Å². The fraction of sp³-hybridized carbons (Fsp3) is 0.409. The molecule has 0 fully saturated rings. The molecule has 2 aromatic heterocycles. The smallest absolute Gasteiger partial charge is 0.243 e. The SMILES string of the molecule is CC(C)[C@H](NC(=O)CCS(=O)(=O)c1ccncc1)C(=O)N[C@@H](Cc1ccccc1)[C@@H](O)[C@H](O)[C@H](Cc1ccccc1)NC(=O)[C@@H](NC(=O)CCS(=O)(=O)c1ccncc1)C(C)C. The summed E-state index contributed by atoms with van der Waals surface area (Å²) in [6.07, 6.45) is 1.06. The molecule has 0 aliphatic carbocycles. The van der Waals surface area contributed by atoms with Crippen LogP contribution in [0.2, 0.25) is 0 Å². The number of carbonyl (C=O) groups is 4. The molecule has 6 N–H and O–H groups in total. The van der Waals surface area contributed by atoms with Crippen molar-refractivity contribution < 1.29 is 46.2 Å². The molecule has 6 atom stereocenters. The third kappa shape index (κ3) is 14.8. The Morgan fingerprint density at radius 3 is 1.15 bits per heavy atom. The van der Waals surface area contributed by atoms with E-state index in [2.05, 4.69) is 31.2 Å². The number of aliphatic hydroxyl groups excluding tert-OH is 2. The number of hydrogen-bond donors (Lipinski definition) is 6. The van der Waals surface area contributed by atoms with Gasteiger partial charge in [-0.3, -0.25) is 29.1 Å². The monoisotopic (exact) mass is 892 g/mol. The van der Waals surface area contributed by atoms with E-state index < -0.39 is 116 Å². The van der Waals surface area contributed by atoms with Crippen molar-refractivity contribution >= 4 is 43.3 Å². The molecule has 18 heteroatoms. The third-order valence-electron chi connectivity index (χ3n) is 10.2. The fourth-order valence-corrected chi connectivity index (χ4v) is 9.07. The van der Waals surface area contributed by atoms with Crippen LogP contribution in [0.3, 0.4) is 0 Å². The number of hydrogen-bond acceptors (Lipinski definition) is 12. The second-order valence-electron chi connectivity index (χ2n) is 15.7. The van der Waals surface area contributed by atoms with Gasteiger partial charge in [-0.1, -0.05) is 88.4 Å². The molecule has 0 saturated heterocycles. The van der Waals surface area contributed by atoms with E-state index in [1.54, 1.807) is 88.4 Å². The Labute approximate surface area is 363 Å². The zero-order valence-corrected chi connectivity index (χ0v) is 36.8. The van der Waals surface area contributed by atoms with Crippen LogP contribution in [0.25, 0.3) is 0 Å². The van der Waals surface area contributed by atoms with E-state index >= 15 is 0 Å². The van der Waals surface area contributed by atoms with Crippen LogP contribution in [-0.4, -0.2) is 109 Å². The number of pyridine rings is 2. The Morgan fingerprint density at radius 2 is 0.839 bits per heavy atom. The summed E-state index contributed by atoms with van der Waals surface area (Å²) in [5, 5.41) is 34.8. The molecular weight excluding hydrogens is 837 g/mol. The van der Waals surface area contributed by atoms with Crippen LogP contribution < -0.4 is 21.3 Å². The van der Waals surface area contributed by atoms with Crippen LogP contribution in [0.15, 0.2) is 120 Å². The van der Waals surface area contributed by atoms with Crippen molar-refractivity contribution in [2.24, 2.45) is 11.8 Å². The van der Waals surface area contributed by atoms with E-state index in [9.17, 15) is 46.2 Å². The quantitative estimate of drug-likeness (QED) is 0.0626. The molecule has 0 saturated carbocycles. The number of aliphatic hydroxyl groups is 2. The lowest BCUT2D eigenvalue weighted by Crippen LogP contribution is -2.61. The highest BCUT2D eigenvalue weighted by Crippen LogP contribution is 2.18. The molecule has 4 rings (SSSR count). The van der Waals surface area contributed by atoms with E-state index in [4.69, 9.17) is 0 Å². The highest BCUT2D eigenvalue weighted by molar-refractivity contribution is 7.91. The van der Waals surface area contributed by atoms with Crippen LogP contribution in [0.4, 0.5) is 0 Å². The number of rotatable bonds is 23. The Bertz CT molecular complexity index is 2120. The molecule has 4 aromatic rings. The first-order valence-corrected chi connectivity index (χ1v) is 23.6. The second-order valence-corrected chi connectivity index (χ2v) is 19.9. The van der Waals surface area contributed by atoms with E-state index in [0.717, 1.165) is 0 Å². The summed E-state index contributed by atoms with van der Waals surface area (Å²) in [4.78, 5) is 61.8. The molecular formula is C44H56N6O10S2. The first-order valence-electron chi connectivity index (χ1n) is 20.3.